The molecule has 0 aliphatic heterocycles. The fourth-order valence-electron chi connectivity index (χ4n) is 2.19. The lowest BCUT2D eigenvalue weighted by molar-refractivity contribution is -0.137. The van der Waals surface area contributed by atoms with E-state index in [9.17, 15) is 13.2 Å². The molecule has 118 valence electrons. The fraction of sp³-hybridized carbons (Fsp3) is 0.312. The normalized spacial score (nSPS) is 13.0. The van der Waals surface area contributed by atoms with Gasteiger partial charge in [0.2, 0.25) is 5.88 Å². The average Bonchev–Trinajstić information content (AvgIpc) is 2.52. The van der Waals surface area contributed by atoms with Crippen LogP contribution in [0.15, 0.2) is 42.6 Å². The van der Waals surface area contributed by atoms with Crippen molar-refractivity contribution in [3.63, 3.8) is 0 Å². The van der Waals surface area contributed by atoms with Crippen molar-refractivity contribution in [2.45, 2.75) is 25.1 Å². The van der Waals surface area contributed by atoms with Crippen molar-refractivity contribution in [1.29, 1.82) is 0 Å². The number of pyridine rings is 1. The van der Waals surface area contributed by atoms with Gasteiger partial charge in [-0.25, -0.2) is 4.98 Å². The van der Waals surface area contributed by atoms with Gasteiger partial charge in [0, 0.05) is 17.8 Å². The largest absolute Gasteiger partial charge is 0.481 e. The standard InChI is InChI=1S/C16H17F3N2O/c1-22-15-13(3-2-10-21-15)14(20)9-6-11-4-7-12(8-5-11)16(17,18)19/h2-5,7-8,10,14H,6,9,20H2,1H3. The molecule has 0 radical (unpaired) electrons. The molecular weight excluding hydrogens is 293 g/mol. The van der Waals surface area contributed by atoms with Gasteiger partial charge in [0.15, 0.2) is 0 Å². The summed E-state index contributed by atoms with van der Waals surface area (Å²) in [5.41, 5.74) is 7.07. The second-order valence-electron chi connectivity index (χ2n) is 4.94. The van der Waals surface area contributed by atoms with Gasteiger partial charge in [0.05, 0.1) is 12.7 Å². The highest BCUT2D eigenvalue weighted by Gasteiger charge is 2.29. The average molecular weight is 310 g/mol. The first-order chi connectivity index (χ1) is 10.4. The van der Waals surface area contributed by atoms with E-state index < -0.39 is 11.7 Å². The molecule has 2 rings (SSSR count). The maximum Gasteiger partial charge on any atom is 0.416 e. The van der Waals surface area contributed by atoms with Gasteiger partial charge in [-0.05, 0) is 36.6 Å². The highest BCUT2D eigenvalue weighted by Crippen LogP contribution is 2.29. The quantitative estimate of drug-likeness (QED) is 0.915. The molecule has 1 aromatic heterocycles. The van der Waals surface area contributed by atoms with Gasteiger partial charge in [-0.15, -0.1) is 0 Å². The van der Waals surface area contributed by atoms with Gasteiger partial charge >= 0.3 is 6.18 Å². The third kappa shape index (κ3) is 3.98. The summed E-state index contributed by atoms with van der Waals surface area (Å²) in [5, 5.41) is 0. The van der Waals surface area contributed by atoms with E-state index in [1.807, 2.05) is 6.07 Å². The summed E-state index contributed by atoms with van der Waals surface area (Å²) in [6.45, 7) is 0. The molecule has 1 heterocycles. The van der Waals surface area contributed by atoms with E-state index >= 15 is 0 Å². The number of aryl methyl sites for hydroxylation is 1. The molecule has 6 heteroatoms. The monoisotopic (exact) mass is 310 g/mol. The van der Waals surface area contributed by atoms with E-state index in [-0.39, 0.29) is 6.04 Å². The topological polar surface area (TPSA) is 48.1 Å². The minimum atomic E-state index is -4.31. The zero-order chi connectivity index (χ0) is 16.2. The van der Waals surface area contributed by atoms with Gasteiger partial charge in [0.1, 0.15) is 0 Å². The second kappa shape index (κ2) is 6.79. The molecule has 0 saturated carbocycles. The summed E-state index contributed by atoms with van der Waals surface area (Å²) >= 11 is 0. The highest BCUT2D eigenvalue weighted by molar-refractivity contribution is 5.29. The van der Waals surface area contributed by atoms with Crippen LogP contribution in [-0.4, -0.2) is 12.1 Å². The molecule has 0 bridgehead atoms. The summed E-state index contributed by atoms with van der Waals surface area (Å²) < 4.78 is 42.6. The van der Waals surface area contributed by atoms with Gasteiger partial charge in [0.25, 0.3) is 0 Å². The number of methoxy groups -OCH3 is 1. The maximum absolute atomic E-state index is 12.5. The summed E-state index contributed by atoms with van der Waals surface area (Å²) in [5.74, 6) is 0.474. The zero-order valence-electron chi connectivity index (χ0n) is 12.1. The number of nitrogens with two attached hydrogens (primary N) is 1. The molecule has 2 aromatic rings. The van der Waals surface area contributed by atoms with E-state index in [0.717, 1.165) is 23.3 Å². The molecule has 1 unspecified atom stereocenters. The third-order valence-electron chi connectivity index (χ3n) is 3.42. The number of nitrogens with zero attached hydrogens (tertiary/aromatic N) is 1. The predicted molar refractivity (Wildman–Crippen MR) is 77.5 cm³/mol. The molecule has 0 amide bonds. The first-order valence-electron chi connectivity index (χ1n) is 6.82. The Morgan fingerprint density at radius 1 is 1.18 bits per heavy atom. The Kier molecular flexibility index (Phi) is 5.03. The smallest absolute Gasteiger partial charge is 0.416 e. The SMILES string of the molecule is COc1ncccc1C(N)CCc1ccc(C(F)(F)F)cc1. The van der Waals surface area contributed by atoms with Crippen LogP contribution in [-0.2, 0) is 12.6 Å². The van der Waals surface area contributed by atoms with Crippen molar-refractivity contribution in [2.24, 2.45) is 5.73 Å². The number of halogens is 3. The van der Waals surface area contributed by atoms with Crippen LogP contribution >= 0.6 is 0 Å². The lowest BCUT2D eigenvalue weighted by Gasteiger charge is -2.15. The summed E-state index contributed by atoms with van der Waals surface area (Å²) in [6.07, 6.45) is -1.52. The molecule has 1 atom stereocenters. The minimum Gasteiger partial charge on any atom is -0.481 e. The molecule has 0 fully saturated rings. The molecule has 1 aromatic carbocycles. The second-order valence-corrected chi connectivity index (χ2v) is 4.94. The summed E-state index contributed by atoms with van der Waals surface area (Å²) in [4.78, 5) is 4.08. The number of aromatic nitrogens is 1. The van der Waals surface area contributed by atoms with Gasteiger partial charge in [-0.1, -0.05) is 18.2 Å². The Morgan fingerprint density at radius 2 is 1.86 bits per heavy atom. The van der Waals surface area contributed by atoms with Crippen molar-refractivity contribution in [2.75, 3.05) is 7.11 Å². The molecule has 22 heavy (non-hydrogen) atoms. The number of hydrogen-bond donors (Lipinski definition) is 1. The Bertz CT molecular complexity index is 612. The Balaban J connectivity index is 2.00. The van der Waals surface area contributed by atoms with Crippen LogP contribution in [0.5, 0.6) is 5.88 Å². The summed E-state index contributed by atoms with van der Waals surface area (Å²) in [7, 11) is 1.52. The van der Waals surface area contributed by atoms with Crippen LogP contribution in [0, 0.1) is 0 Å². The van der Waals surface area contributed by atoms with Crippen LogP contribution in [0.4, 0.5) is 13.2 Å². The maximum atomic E-state index is 12.5. The van der Waals surface area contributed by atoms with Gasteiger partial charge in [-0.2, -0.15) is 13.2 Å². The molecular formula is C16H17F3N2O. The van der Waals surface area contributed by atoms with Gasteiger partial charge < -0.3 is 10.5 Å². The van der Waals surface area contributed by atoms with E-state index in [0.29, 0.717) is 18.7 Å². The first kappa shape index (κ1) is 16.3. The van der Waals surface area contributed by atoms with Crippen LogP contribution in [0.1, 0.15) is 29.2 Å². The molecule has 0 aliphatic carbocycles. The van der Waals surface area contributed by atoms with Crippen LogP contribution in [0.3, 0.4) is 0 Å². The van der Waals surface area contributed by atoms with Crippen molar-refractivity contribution >= 4 is 0 Å². The van der Waals surface area contributed by atoms with E-state index in [1.54, 1.807) is 12.3 Å². The molecule has 2 N–H and O–H groups in total. The highest BCUT2D eigenvalue weighted by atomic mass is 19.4. The number of ether oxygens (including phenoxy) is 1. The van der Waals surface area contributed by atoms with Crippen molar-refractivity contribution in [3.8, 4) is 5.88 Å². The molecule has 0 spiro atoms. The molecule has 0 saturated heterocycles. The fourth-order valence-corrected chi connectivity index (χ4v) is 2.19. The lowest BCUT2D eigenvalue weighted by atomic mass is 10.00. The molecule has 0 aliphatic rings. The Hall–Kier alpha value is -2.08. The number of alkyl halides is 3. The van der Waals surface area contributed by atoms with Crippen molar-refractivity contribution in [3.05, 3.63) is 59.3 Å². The van der Waals surface area contributed by atoms with E-state index in [2.05, 4.69) is 4.98 Å². The third-order valence-corrected chi connectivity index (χ3v) is 3.42. The summed E-state index contributed by atoms with van der Waals surface area (Å²) in [6, 6.07) is 8.47. The van der Waals surface area contributed by atoms with Crippen LogP contribution in [0.2, 0.25) is 0 Å². The lowest BCUT2D eigenvalue weighted by Crippen LogP contribution is -2.13. The van der Waals surface area contributed by atoms with E-state index in [4.69, 9.17) is 10.5 Å². The van der Waals surface area contributed by atoms with Crippen molar-refractivity contribution in [1.82, 2.24) is 4.98 Å². The number of benzene rings is 1. The first-order valence-corrected chi connectivity index (χ1v) is 6.82. The van der Waals surface area contributed by atoms with Gasteiger partial charge in [-0.3, -0.25) is 0 Å². The zero-order valence-corrected chi connectivity index (χ0v) is 12.1. The minimum absolute atomic E-state index is 0.286. The molecule has 3 nitrogen and oxygen atoms in total. The Morgan fingerprint density at radius 3 is 2.45 bits per heavy atom. The van der Waals surface area contributed by atoms with Crippen molar-refractivity contribution < 1.29 is 17.9 Å². The van der Waals surface area contributed by atoms with Crippen LogP contribution < -0.4 is 10.5 Å². The Labute approximate surface area is 126 Å². The predicted octanol–water partition coefficient (Wildman–Crippen LogP) is 3.74. The van der Waals surface area contributed by atoms with Crippen LogP contribution in [0.25, 0.3) is 0 Å². The number of hydrogen-bond acceptors (Lipinski definition) is 3. The van der Waals surface area contributed by atoms with E-state index in [1.165, 1.54) is 19.2 Å². The number of rotatable bonds is 5.